The smallest absolute Gasteiger partial charge is 0.380 e. The molecule has 43 heavy (non-hydrogen) atoms. The van der Waals surface area contributed by atoms with Crippen molar-refractivity contribution in [3.8, 4) is 0 Å². The minimum Gasteiger partial charge on any atom is -0.380 e. The first-order valence-electron chi connectivity index (χ1n) is 13.4. The third kappa shape index (κ3) is 5.81. The van der Waals surface area contributed by atoms with Crippen LogP contribution in [0, 0.1) is 0 Å². The minimum absolute atomic E-state index is 0.0584. The summed E-state index contributed by atoms with van der Waals surface area (Å²) >= 11 is 1.14. The van der Waals surface area contributed by atoms with Crippen LogP contribution in [0.3, 0.4) is 0 Å². The molecule has 3 aromatic carbocycles. The van der Waals surface area contributed by atoms with Crippen LogP contribution in [0.15, 0.2) is 75.8 Å². The summed E-state index contributed by atoms with van der Waals surface area (Å²) in [7, 11) is 0. The van der Waals surface area contributed by atoms with E-state index in [1.54, 1.807) is 22.5 Å². The number of fused-ring (bicyclic) bond motifs is 1. The lowest BCUT2D eigenvalue weighted by molar-refractivity contribution is -0.137. The summed E-state index contributed by atoms with van der Waals surface area (Å²) in [6.45, 7) is 2.58. The summed E-state index contributed by atoms with van der Waals surface area (Å²) < 4.78 is 41.5. The van der Waals surface area contributed by atoms with Crippen molar-refractivity contribution in [3.05, 3.63) is 103 Å². The van der Waals surface area contributed by atoms with Crippen molar-refractivity contribution < 1.29 is 18.0 Å². The zero-order chi connectivity index (χ0) is 30.1. The summed E-state index contributed by atoms with van der Waals surface area (Å²) in [6, 6.07) is 14.2. The van der Waals surface area contributed by atoms with E-state index in [1.165, 1.54) is 6.07 Å². The number of nitrogens with zero attached hydrogens (tertiary/aromatic N) is 2. The Labute approximate surface area is 247 Å². The van der Waals surface area contributed by atoms with Crippen molar-refractivity contribution in [1.82, 2.24) is 10.3 Å². The molecular weight excluding hydrogens is 581 g/mol. The molecule has 13 heteroatoms. The van der Waals surface area contributed by atoms with Gasteiger partial charge in [-0.25, -0.2) is 0 Å². The normalized spacial score (nSPS) is 13.8. The van der Waals surface area contributed by atoms with Gasteiger partial charge in [-0.05, 0) is 47.3 Å². The number of amides is 1. The van der Waals surface area contributed by atoms with Gasteiger partial charge >= 0.3 is 6.18 Å². The highest BCUT2D eigenvalue weighted by molar-refractivity contribution is 7.12. The van der Waals surface area contributed by atoms with Crippen LogP contribution in [0.2, 0.25) is 0 Å². The highest BCUT2D eigenvalue weighted by Crippen LogP contribution is 2.36. The van der Waals surface area contributed by atoms with Gasteiger partial charge in [-0.3, -0.25) is 19.4 Å². The molecule has 1 fully saturated rings. The van der Waals surface area contributed by atoms with Crippen LogP contribution < -0.4 is 37.0 Å². The number of hydrogen-bond donors (Lipinski definition) is 4. The number of thiophene rings is 1. The third-order valence-electron chi connectivity index (χ3n) is 7.19. The maximum Gasteiger partial charge on any atom is 0.416 e. The fourth-order valence-corrected chi connectivity index (χ4v) is 5.84. The number of pyridine rings is 1. The maximum atomic E-state index is 13.8. The number of alkyl halides is 3. The first-order valence-corrected chi connectivity index (χ1v) is 14.3. The molecule has 0 bridgehead atoms. The van der Waals surface area contributed by atoms with Gasteiger partial charge in [0.2, 0.25) is 0 Å². The molecule has 6 rings (SSSR count). The van der Waals surface area contributed by atoms with E-state index < -0.39 is 28.5 Å². The average molecular weight is 607 g/mol. The number of rotatable bonds is 8. The summed E-state index contributed by atoms with van der Waals surface area (Å²) in [5, 5.41) is 14.3. The van der Waals surface area contributed by atoms with Gasteiger partial charge in [-0.15, -0.1) is 11.3 Å². The Hall–Kier alpha value is -4.75. The molecule has 3 heterocycles. The van der Waals surface area contributed by atoms with Crippen molar-refractivity contribution in [2.75, 3.05) is 47.0 Å². The van der Waals surface area contributed by atoms with Crippen LogP contribution >= 0.6 is 11.3 Å². The Balaban J connectivity index is 1.23. The zero-order valence-corrected chi connectivity index (χ0v) is 23.4. The minimum atomic E-state index is -4.73. The quantitative estimate of drug-likeness (QED) is 0.184. The lowest BCUT2D eigenvalue weighted by Gasteiger charge is -2.31. The predicted molar refractivity (Wildman–Crippen MR) is 163 cm³/mol. The van der Waals surface area contributed by atoms with Crippen molar-refractivity contribution in [1.29, 1.82) is 0 Å². The van der Waals surface area contributed by atoms with Crippen molar-refractivity contribution in [2.45, 2.75) is 12.7 Å². The van der Waals surface area contributed by atoms with Crippen LogP contribution in [-0.2, 0) is 12.7 Å². The molecular formula is C30H25F3N6O3S. The second-order valence-electron chi connectivity index (χ2n) is 10.00. The van der Waals surface area contributed by atoms with Crippen LogP contribution in [0.1, 0.15) is 20.8 Å². The molecule has 0 aliphatic carbocycles. The van der Waals surface area contributed by atoms with E-state index in [0.29, 0.717) is 38.4 Å². The number of hydrogen-bond acceptors (Lipinski definition) is 9. The Morgan fingerprint density at radius 2 is 1.77 bits per heavy atom. The van der Waals surface area contributed by atoms with E-state index in [4.69, 9.17) is 0 Å². The molecule has 1 aliphatic heterocycles. The van der Waals surface area contributed by atoms with Gasteiger partial charge in [0.15, 0.2) is 0 Å². The van der Waals surface area contributed by atoms with E-state index in [9.17, 15) is 27.6 Å². The van der Waals surface area contributed by atoms with E-state index in [2.05, 4.69) is 26.3 Å². The van der Waals surface area contributed by atoms with Crippen molar-refractivity contribution in [3.63, 3.8) is 0 Å². The summed E-state index contributed by atoms with van der Waals surface area (Å²) in [6.07, 6.45) is -3.02. The van der Waals surface area contributed by atoms with Crippen molar-refractivity contribution in [2.24, 2.45) is 0 Å². The predicted octanol–water partition coefficient (Wildman–Crippen LogP) is 4.93. The molecule has 5 aromatic rings. The molecule has 1 aliphatic rings. The van der Waals surface area contributed by atoms with E-state index in [0.717, 1.165) is 39.9 Å². The van der Waals surface area contributed by atoms with Gasteiger partial charge in [-0.1, -0.05) is 18.2 Å². The van der Waals surface area contributed by atoms with Gasteiger partial charge in [0, 0.05) is 55.7 Å². The van der Waals surface area contributed by atoms with E-state index in [-0.39, 0.29) is 27.6 Å². The zero-order valence-electron chi connectivity index (χ0n) is 22.5. The first-order chi connectivity index (χ1) is 20.7. The molecule has 0 radical (unpaired) electrons. The molecule has 0 unspecified atom stereocenters. The molecule has 0 saturated carbocycles. The number of halogens is 3. The van der Waals surface area contributed by atoms with Crippen LogP contribution in [-0.4, -0.2) is 37.1 Å². The standard InChI is InChI=1S/C30H25F3N6O3S/c31-30(32,33)18-13-19(37-24-25(27(41)26(24)40)39-10-8-34-9-11-39)15-20(14-18)38-29(42)28-23(6-12-43-28)36-16-17-5-7-35-22-4-2-1-3-21(17)22/h1-7,12-15,34,36-37H,8-11,16H2,(H,38,42). The molecule has 220 valence electrons. The molecule has 0 atom stereocenters. The van der Waals surface area contributed by atoms with Gasteiger partial charge in [-0.2, -0.15) is 13.2 Å². The Morgan fingerprint density at radius 3 is 2.56 bits per heavy atom. The second kappa shape index (κ2) is 11.5. The van der Waals surface area contributed by atoms with E-state index in [1.807, 2.05) is 30.3 Å². The lowest BCUT2D eigenvalue weighted by atomic mass is 10.1. The topological polar surface area (TPSA) is 115 Å². The van der Waals surface area contributed by atoms with Crippen molar-refractivity contribution >= 4 is 56.6 Å². The van der Waals surface area contributed by atoms with Gasteiger partial charge in [0.25, 0.3) is 16.8 Å². The van der Waals surface area contributed by atoms with Gasteiger partial charge in [0.1, 0.15) is 16.3 Å². The Bertz CT molecular complexity index is 1890. The number of carbonyl (C=O) groups excluding carboxylic acids is 1. The molecule has 2 aromatic heterocycles. The summed E-state index contributed by atoms with van der Waals surface area (Å²) in [5.41, 5.74) is -0.273. The highest BCUT2D eigenvalue weighted by atomic mass is 32.1. The second-order valence-corrected chi connectivity index (χ2v) is 10.9. The third-order valence-corrected chi connectivity index (χ3v) is 8.10. The Kier molecular flexibility index (Phi) is 7.59. The largest absolute Gasteiger partial charge is 0.416 e. The average Bonchev–Trinajstić information content (AvgIpc) is 3.48. The monoisotopic (exact) mass is 606 g/mol. The number of nitrogens with one attached hydrogen (secondary N) is 4. The summed E-state index contributed by atoms with van der Waals surface area (Å²) in [5.74, 6) is -0.599. The molecule has 1 amide bonds. The number of carbonyl (C=O) groups is 1. The number of aromatic nitrogens is 1. The first kappa shape index (κ1) is 28.4. The SMILES string of the molecule is O=C(Nc1cc(Nc2c(N3CCNCC3)c(=O)c2=O)cc(C(F)(F)F)c1)c1sccc1NCc1ccnc2ccccc12. The maximum absolute atomic E-state index is 13.8. The summed E-state index contributed by atoms with van der Waals surface area (Å²) in [4.78, 5) is 44.3. The number of para-hydroxylation sites is 1. The molecule has 4 N–H and O–H groups in total. The number of piperazine rings is 1. The molecule has 1 saturated heterocycles. The highest BCUT2D eigenvalue weighted by Gasteiger charge is 2.33. The number of benzene rings is 2. The number of anilines is 5. The fraction of sp³-hybridized carbons (Fsp3) is 0.200. The van der Waals surface area contributed by atoms with Crippen LogP contribution in [0.5, 0.6) is 0 Å². The van der Waals surface area contributed by atoms with E-state index >= 15 is 0 Å². The fourth-order valence-electron chi connectivity index (χ4n) is 5.08. The molecule has 0 spiro atoms. The lowest BCUT2D eigenvalue weighted by Crippen LogP contribution is -2.50. The molecule has 9 nitrogen and oxygen atoms in total. The van der Waals surface area contributed by atoms with Crippen LogP contribution in [0.4, 0.5) is 41.6 Å². The Morgan fingerprint density at radius 1 is 1.00 bits per heavy atom. The van der Waals surface area contributed by atoms with Gasteiger partial charge < -0.3 is 26.2 Å². The van der Waals surface area contributed by atoms with Crippen LogP contribution in [0.25, 0.3) is 10.9 Å². The van der Waals surface area contributed by atoms with Gasteiger partial charge in [0.05, 0.1) is 16.8 Å².